The van der Waals surface area contributed by atoms with Crippen LogP contribution in [0.2, 0.25) is 0 Å². The normalized spacial score (nSPS) is 14.9. The van der Waals surface area contributed by atoms with Crippen LogP contribution in [0.15, 0.2) is 18.2 Å². The van der Waals surface area contributed by atoms with Gasteiger partial charge >= 0.3 is 0 Å². The van der Waals surface area contributed by atoms with Crippen molar-refractivity contribution in [2.24, 2.45) is 5.92 Å². The molecule has 0 bridgehead atoms. The Labute approximate surface area is 121 Å². The first-order valence-corrected chi connectivity index (χ1v) is 7.55. The number of hydrogen-bond acceptors (Lipinski definition) is 3. The molecule has 1 aliphatic carbocycles. The fraction of sp³-hybridized carbons (Fsp3) is 0.588. The second-order valence-electron chi connectivity index (χ2n) is 5.45. The van der Waals surface area contributed by atoms with Gasteiger partial charge in [0.25, 0.3) is 0 Å². The molecule has 110 valence electrons. The number of carbonyl (C=O) groups is 1. The lowest BCUT2D eigenvalue weighted by Crippen LogP contribution is -2.13. The molecule has 1 aliphatic rings. The van der Waals surface area contributed by atoms with Gasteiger partial charge in [-0.2, -0.15) is 0 Å². The molecule has 0 saturated heterocycles. The average molecular weight is 276 g/mol. The molecule has 3 nitrogen and oxygen atoms in total. The van der Waals surface area contributed by atoms with Crippen molar-refractivity contribution in [3.63, 3.8) is 0 Å². The largest absolute Gasteiger partial charge is 0.494 e. The van der Waals surface area contributed by atoms with Gasteiger partial charge in [0.15, 0.2) is 5.78 Å². The molecule has 0 unspecified atom stereocenters. The summed E-state index contributed by atoms with van der Waals surface area (Å²) in [6, 6.07) is 5.56. The molecule has 0 aromatic heterocycles. The van der Waals surface area contributed by atoms with Crippen molar-refractivity contribution < 1.29 is 14.3 Å². The van der Waals surface area contributed by atoms with Gasteiger partial charge in [0.2, 0.25) is 0 Å². The molecular formula is C17H24O3. The number of carbonyl (C=O) groups excluding carboxylic acids is 1. The van der Waals surface area contributed by atoms with E-state index in [9.17, 15) is 4.79 Å². The van der Waals surface area contributed by atoms with E-state index in [0.29, 0.717) is 18.8 Å². The van der Waals surface area contributed by atoms with Crippen LogP contribution in [0.5, 0.6) is 5.75 Å². The van der Waals surface area contributed by atoms with Crippen LogP contribution in [-0.4, -0.2) is 19.0 Å². The minimum Gasteiger partial charge on any atom is -0.494 e. The molecule has 2 rings (SSSR count). The fourth-order valence-corrected chi connectivity index (χ4v) is 2.42. The van der Waals surface area contributed by atoms with E-state index < -0.39 is 0 Å². The molecule has 20 heavy (non-hydrogen) atoms. The molecule has 0 radical (unpaired) electrons. The fourth-order valence-electron chi connectivity index (χ4n) is 2.42. The molecule has 0 aliphatic heterocycles. The third-order valence-electron chi connectivity index (χ3n) is 3.92. The molecule has 1 aromatic carbocycles. The van der Waals surface area contributed by atoms with Crippen LogP contribution in [0.3, 0.4) is 0 Å². The standard InChI is InChI=1S/C17H24O3/c1-3-20-17-8-7-15(13(2)18)11-16(17)12-19-10-9-14-5-4-6-14/h7-8,11,14H,3-6,9-10,12H2,1-2H3. The van der Waals surface area contributed by atoms with E-state index >= 15 is 0 Å². The zero-order chi connectivity index (χ0) is 14.4. The first kappa shape index (κ1) is 15.0. The summed E-state index contributed by atoms with van der Waals surface area (Å²) in [7, 11) is 0. The molecule has 3 heteroatoms. The van der Waals surface area contributed by atoms with Gasteiger partial charge in [-0.3, -0.25) is 4.79 Å². The van der Waals surface area contributed by atoms with Gasteiger partial charge in [-0.05, 0) is 44.4 Å². The summed E-state index contributed by atoms with van der Waals surface area (Å²) >= 11 is 0. The van der Waals surface area contributed by atoms with E-state index in [2.05, 4.69) is 0 Å². The lowest BCUT2D eigenvalue weighted by molar-refractivity contribution is 0.0930. The smallest absolute Gasteiger partial charge is 0.159 e. The molecule has 1 aromatic rings. The zero-order valence-electron chi connectivity index (χ0n) is 12.5. The van der Waals surface area contributed by atoms with Crippen molar-refractivity contribution in [3.05, 3.63) is 29.3 Å². The highest BCUT2D eigenvalue weighted by Gasteiger charge is 2.16. The average Bonchev–Trinajstić information content (AvgIpc) is 2.38. The van der Waals surface area contributed by atoms with E-state index in [-0.39, 0.29) is 5.78 Å². The van der Waals surface area contributed by atoms with Gasteiger partial charge < -0.3 is 9.47 Å². The van der Waals surface area contributed by atoms with Crippen LogP contribution in [0, 0.1) is 5.92 Å². The topological polar surface area (TPSA) is 35.5 Å². The summed E-state index contributed by atoms with van der Waals surface area (Å²) in [6.07, 6.45) is 5.23. The Kier molecular flexibility index (Phi) is 5.60. The SMILES string of the molecule is CCOc1ccc(C(C)=O)cc1COCCC1CCC1. The molecule has 0 N–H and O–H groups in total. The Balaban J connectivity index is 1.91. The minimum atomic E-state index is 0.0729. The van der Waals surface area contributed by atoms with Crippen molar-refractivity contribution in [1.82, 2.24) is 0 Å². The number of benzene rings is 1. The van der Waals surface area contributed by atoms with Crippen molar-refractivity contribution >= 4 is 5.78 Å². The van der Waals surface area contributed by atoms with Gasteiger partial charge in [-0.25, -0.2) is 0 Å². The van der Waals surface area contributed by atoms with Crippen LogP contribution in [0.25, 0.3) is 0 Å². The van der Waals surface area contributed by atoms with Gasteiger partial charge in [0.05, 0.1) is 13.2 Å². The van der Waals surface area contributed by atoms with E-state index in [1.165, 1.54) is 19.3 Å². The highest BCUT2D eigenvalue weighted by Crippen LogP contribution is 2.29. The Hall–Kier alpha value is -1.35. The summed E-state index contributed by atoms with van der Waals surface area (Å²) in [5.41, 5.74) is 1.68. The number of rotatable bonds is 8. The monoisotopic (exact) mass is 276 g/mol. The van der Waals surface area contributed by atoms with Gasteiger partial charge in [0.1, 0.15) is 5.75 Å². The Morgan fingerprint density at radius 2 is 2.15 bits per heavy atom. The number of Topliss-reactive ketones (excluding diaryl/α,β-unsaturated/α-hetero) is 1. The van der Waals surface area contributed by atoms with E-state index in [1.54, 1.807) is 6.92 Å². The molecule has 0 heterocycles. The van der Waals surface area contributed by atoms with Crippen LogP contribution in [0.1, 0.15) is 55.5 Å². The predicted molar refractivity (Wildman–Crippen MR) is 79.2 cm³/mol. The Morgan fingerprint density at radius 3 is 2.75 bits per heavy atom. The number of ether oxygens (including phenoxy) is 2. The highest BCUT2D eigenvalue weighted by atomic mass is 16.5. The molecule has 0 spiro atoms. The maximum absolute atomic E-state index is 11.5. The summed E-state index contributed by atoms with van der Waals surface area (Å²) in [4.78, 5) is 11.5. The maximum Gasteiger partial charge on any atom is 0.159 e. The lowest BCUT2D eigenvalue weighted by atomic mass is 9.83. The van der Waals surface area contributed by atoms with Crippen molar-refractivity contribution in [2.75, 3.05) is 13.2 Å². The zero-order valence-corrected chi connectivity index (χ0v) is 12.5. The molecular weight excluding hydrogens is 252 g/mol. The molecule has 0 amide bonds. The minimum absolute atomic E-state index is 0.0729. The highest BCUT2D eigenvalue weighted by molar-refractivity contribution is 5.94. The van der Waals surface area contributed by atoms with Gasteiger partial charge in [-0.1, -0.05) is 19.3 Å². The van der Waals surface area contributed by atoms with Crippen molar-refractivity contribution in [3.8, 4) is 5.75 Å². The van der Waals surface area contributed by atoms with E-state index in [0.717, 1.165) is 30.3 Å². The van der Waals surface area contributed by atoms with E-state index in [1.807, 2.05) is 25.1 Å². The summed E-state index contributed by atoms with van der Waals surface area (Å²) < 4.78 is 11.3. The van der Waals surface area contributed by atoms with Crippen LogP contribution in [0.4, 0.5) is 0 Å². The lowest BCUT2D eigenvalue weighted by Gasteiger charge is -2.25. The predicted octanol–water partition coefficient (Wildman–Crippen LogP) is 3.99. The van der Waals surface area contributed by atoms with Crippen LogP contribution >= 0.6 is 0 Å². The third-order valence-corrected chi connectivity index (χ3v) is 3.92. The van der Waals surface area contributed by atoms with Crippen molar-refractivity contribution in [2.45, 2.75) is 46.1 Å². The Morgan fingerprint density at radius 1 is 1.35 bits per heavy atom. The number of ketones is 1. The first-order valence-electron chi connectivity index (χ1n) is 7.55. The second-order valence-corrected chi connectivity index (χ2v) is 5.45. The summed E-state index contributed by atoms with van der Waals surface area (Å²) in [5.74, 6) is 1.76. The quantitative estimate of drug-likeness (QED) is 0.532. The molecule has 1 fully saturated rings. The number of hydrogen-bond donors (Lipinski definition) is 0. The third kappa shape index (κ3) is 4.07. The summed E-state index contributed by atoms with van der Waals surface area (Å²) in [5, 5.41) is 0. The molecule has 1 saturated carbocycles. The second kappa shape index (κ2) is 7.44. The first-order chi connectivity index (χ1) is 9.70. The van der Waals surface area contributed by atoms with Crippen LogP contribution < -0.4 is 4.74 Å². The van der Waals surface area contributed by atoms with Gasteiger partial charge in [-0.15, -0.1) is 0 Å². The molecule has 0 atom stereocenters. The van der Waals surface area contributed by atoms with Crippen LogP contribution in [-0.2, 0) is 11.3 Å². The Bertz CT molecular complexity index is 450. The maximum atomic E-state index is 11.5. The van der Waals surface area contributed by atoms with Crippen molar-refractivity contribution in [1.29, 1.82) is 0 Å². The summed E-state index contributed by atoms with van der Waals surface area (Å²) in [6.45, 7) is 5.47. The van der Waals surface area contributed by atoms with E-state index in [4.69, 9.17) is 9.47 Å². The van der Waals surface area contributed by atoms with Gasteiger partial charge in [0, 0.05) is 17.7 Å².